The fraction of sp³-hybridized carbons (Fsp3) is 0.111. The average Bonchev–Trinajstić information content (AvgIpc) is 2.18. The Morgan fingerprint density at radius 3 is 3.00 bits per heavy atom. The highest BCUT2D eigenvalue weighted by Gasteiger charge is 2.09. The van der Waals surface area contributed by atoms with Crippen molar-refractivity contribution in [2.45, 2.75) is 0 Å². The van der Waals surface area contributed by atoms with Gasteiger partial charge in [0.05, 0.1) is 12.1 Å². The lowest BCUT2D eigenvalue weighted by Gasteiger charge is -2.04. The summed E-state index contributed by atoms with van der Waals surface area (Å²) in [6.07, 6.45) is 1.52. The molecule has 0 fully saturated rings. The molecule has 0 aliphatic carbocycles. The number of hydrogen-bond acceptors (Lipinski definition) is 3. The van der Waals surface area contributed by atoms with Gasteiger partial charge < -0.3 is 4.74 Å². The molecule has 0 saturated carbocycles. The molecule has 3 nitrogen and oxygen atoms in total. The normalized spacial score (nSPS) is 10.5. The molecule has 0 aromatic carbocycles. The molecule has 0 aliphatic heterocycles. The van der Waals surface area contributed by atoms with E-state index in [1.807, 2.05) is 0 Å². The molecule has 2 aromatic heterocycles. The van der Waals surface area contributed by atoms with Gasteiger partial charge in [-0.2, -0.15) is 9.37 Å². The quantitative estimate of drug-likeness (QED) is 0.681. The van der Waals surface area contributed by atoms with E-state index in [4.69, 9.17) is 16.3 Å². The molecule has 2 aromatic rings. The molecule has 72 valence electrons. The fourth-order valence-corrected chi connectivity index (χ4v) is 1.40. The van der Waals surface area contributed by atoms with Crippen molar-refractivity contribution in [1.82, 2.24) is 9.97 Å². The topological polar surface area (TPSA) is 35.0 Å². The van der Waals surface area contributed by atoms with E-state index >= 15 is 0 Å². The number of aromatic nitrogens is 2. The number of pyridine rings is 2. The second-order valence-corrected chi connectivity index (χ2v) is 3.05. The van der Waals surface area contributed by atoms with Gasteiger partial charge in [-0.15, -0.1) is 0 Å². The predicted octanol–water partition coefficient (Wildman–Crippen LogP) is 2.43. The summed E-state index contributed by atoms with van der Waals surface area (Å²) in [7, 11) is 1.41. The molecule has 0 radical (unpaired) electrons. The van der Waals surface area contributed by atoms with Gasteiger partial charge in [0.1, 0.15) is 5.52 Å². The zero-order valence-electron chi connectivity index (χ0n) is 7.29. The Labute approximate surface area is 84.5 Å². The maximum atomic E-state index is 13.0. The van der Waals surface area contributed by atoms with Crippen LogP contribution in [0.4, 0.5) is 4.39 Å². The molecule has 0 unspecified atom stereocenters. The van der Waals surface area contributed by atoms with Crippen LogP contribution in [0.1, 0.15) is 0 Å². The number of methoxy groups -OCH3 is 1. The van der Waals surface area contributed by atoms with Gasteiger partial charge in [0.2, 0.25) is 11.8 Å². The number of nitrogens with zero attached hydrogens (tertiary/aromatic N) is 2. The Bertz CT molecular complexity index is 489. The minimum Gasteiger partial charge on any atom is -0.479 e. The van der Waals surface area contributed by atoms with E-state index in [1.165, 1.54) is 19.4 Å². The molecule has 0 aliphatic rings. The Morgan fingerprint density at radius 2 is 2.29 bits per heavy atom. The van der Waals surface area contributed by atoms with Crippen LogP contribution in [-0.4, -0.2) is 17.1 Å². The summed E-state index contributed by atoms with van der Waals surface area (Å²) >= 11 is 5.87. The molecule has 0 amide bonds. The van der Waals surface area contributed by atoms with Crippen molar-refractivity contribution < 1.29 is 9.13 Å². The predicted molar refractivity (Wildman–Crippen MR) is 51.1 cm³/mol. The van der Waals surface area contributed by atoms with E-state index < -0.39 is 5.95 Å². The smallest absolute Gasteiger partial charge is 0.243 e. The Kier molecular flexibility index (Phi) is 2.21. The summed E-state index contributed by atoms with van der Waals surface area (Å²) in [5, 5.41) is 0.924. The van der Waals surface area contributed by atoms with Gasteiger partial charge in [-0.1, -0.05) is 11.6 Å². The molecule has 0 atom stereocenters. The van der Waals surface area contributed by atoms with Crippen molar-refractivity contribution in [3.63, 3.8) is 0 Å². The monoisotopic (exact) mass is 212 g/mol. The van der Waals surface area contributed by atoms with E-state index in [0.29, 0.717) is 15.9 Å². The standard InChI is InChI=1S/C9H6ClFN2O/c1-14-9-8-5(4-7(11)13-9)6(10)2-3-12-8/h2-4H,1H3. The minimum atomic E-state index is -0.635. The molecule has 0 saturated heterocycles. The number of hydrogen-bond donors (Lipinski definition) is 0. The summed E-state index contributed by atoms with van der Waals surface area (Å²) in [6.45, 7) is 0. The number of halogens is 2. The van der Waals surface area contributed by atoms with Crippen molar-refractivity contribution in [1.29, 1.82) is 0 Å². The number of fused-ring (bicyclic) bond motifs is 1. The van der Waals surface area contributed by atoms with Gasteiger partial charge in [-0.05, 0) is 6.07 Å². The van der Waals surface area contributed by atoms with Crippen LogP contribution >= 0.6 is 11.6 Å². The zero-order valence-corrected chi connectivity index (χ0v) is 8.05. The zero-order chi connectivity index (χ0) is 10.1. The van der Waals surface area contributed by atoms with E-state index in [2.05, 4.69) is 9.97 Å². The number of rotatable bonds is 1. The number of ether oxygens (including phenoxy) is 1. The fourth-order valence-electron chi connectivity index (χ4n) is 1.20. The minimum absolute atomic E-state index is 0.141. The van der Waals surface area contributed by atoms with Crippen LogP contribution in [0, 0.1) is 5.95 Å². The SMILES string of the molecule is COc1nc(F)cc2c(Cl)ccnc12. The van der Waals surface area contributed by atoms with Gasteiger partial charge in [0, 0.05) is 17.6 Å². The first-order valence-corrected chi connectivity index (χ1v) is 4.25. The van der Waals surface area contributed by atoms with Crippen LogP contribution in [0.2, 0.25) is 5.02 Å². The van der Waals surface area contributed by atoms with Crippen molar-refractivity contribution >= 4 is 22.5 Å². The third-order valence-corrected chi connectivity index (χ3v) is 2.13. The van der Waals surface area contributed by atoms with Gasteiger partial charge in [-0.25, -0.2) is 0 Å². The molecule has 0 spiro atoms. The highest BCUT2D eigenvalue weighted by Crippen LogP contribution is 2.27. The van der Waals surface area contributed by atoms with Gasteiger partial charge >= 0.3 is 0 Å². The lowest BCUT2D eigenvalue weighted by Crippen LogP contribution is -1.94. The first-order chi connectivity index (χ1) is 6.72. The van der Waals surface area contributed by atoms with Gasteiger partial charge in [0.25, 0.3) is 0 Å². The molecule has 2 heterocycles. The first-order valence-electron chi connectivity index (χ1n) is 3.87. The van der Waals surface area contributed by atoms with Gasteiger partial charge in [0.15, 0.2) is 0 Å². The van der Waals surface area contributed by atoms with E-state index in [9.17, 15) is 4.39 Å². The second-order valence-electron chi connectivity index (χ2n) is 2.64. The van der Waals surface area contributed by atoms with Crippen LogP contribution in [0.25, 0.3) is 10.9 Å². The van der Waals surface area contributed by atoms with E-state index in [1.54, 1.807) is 6.07 Å². The molecule has 0 bridgehead atoms. The van der Waals surface area contributed by atoms with Crippen LogP contribution < -0.4 is 4.74 Å². The van der Waals surface area contributed by atoms with Gasteiger partial charge in [-0.3, -0.25) is 4.98 Å². The van der Waals surface area contributed by atoms with Crippen molar-refractivity contribution in [2.24, 2.45) is 0 Å². The highest BCUT2D eigenvalue weighted by molar-refractivity contribution is 6.35. The molecule has 0 N–H and O–H groups in total. The maximum Gasteiger partial charge on any atom is 0.243 e. The van der Waals surface area contributed by atoms with Crippen molar-refractivity contribution in [3.8, 4) is 5.88 Å². The summed E-state index contributed by atoms with van der Waals surface area (Å²) in [5.74, 6) is -0.494. The maximum absolute atomic E-state index is 13.0. The molecule has 5 heteroatoms. The van der Waals surface area contributed by atoms with Crippen LogP contribution in [-0.2, 0) is 0 Å². The highest BCUT2D eigenvalue weighted by atomic mass is 35.5. The summed E-state index contributed by atoms with van der Waals surface area (Å²) in [4.78, 5) is 7.57. The van der Waals surface area contributed by atoms with E-state index in [-0.39, 0.29) is 5.88 Å². The molecule has 14 heavy (non-hydrogen) atoms. The molecular weight excluding hydrogens is 207 g/mol. The lowest BCUT2D eigenvalue weighted by atomic mass is 10.2. The molecular formula is C9H6ClFN2O. The molecule has 2 rings (SSSR count). The Morgan fingerprint density at radius 1 is 1.50 bits per heavy atom. The third kappa shape index (κ3) is 1.37. The van der Waals surface area contributed by atoms with Crippen LogP contribution in [0.5, 0.6) is 5.88 Å². The Hall–Kier alpha value is -1.42. The summed E-state index contributed by atoms with van der Waals surface area (Å²) in [5.41, 5.74) is 0.460. The largest absolute Gasteiger partial charge is 0.479 e. The lowest BCUT2D eigenvalue weighted by molar-refractivity contribution is 0.392. The van der Waals surface area contributed by atoms with Crippen LogP contribution in [0.3, 0.4) is 0 Å². The summed E-state index contributed by atoms with van der Waals surface area (Å²) < 4.78 is 17.9. The first kappa shape index (κ1) is 9.15. The summed E-state index contributed by atoms with van der Waals surface area (Å²) in [6, 6.07) is 2.82. The average molecular weight is 213 g/mol. The Balaban J connectivity index is 2.87. The van der Waals surface area contributed by atoms with Crippen LogP contribution in [0.15, 0.2) is 18.3 Å². The van der Waals surface area contributed by atoms with Crippen molar-refractivity contribution in [3.05, 3.63) is 29.3 Å². The third-order valence-electron chi connectivity index (χ3n) is 1.80. The van der Waals surface area contributed by atoms with E-state index in [0.717, 1.165) is 0 Å². The second kappa shape index (κ2) is 3.38. The van der Waals surface area contributed by atoms with Crippen molar-refractivity contribution in [2.75, 3.05) is 7.11 Å².